The fourth-order valence-corrected chi connectivity index (χ4v) is 4.92. The fraction of sp³-hybridized carbons (Fsp3) is 0.368. The van der Waals surface area contributed by atoms with Crippen LogP contribution >= 0.6 is 0 Å². The van der Waals surface area contributed by atoms with E-state index in [0.29, 0.717) is 24.5 Å². The van der Waals surface area contributed by atoms with Crippen LogP contribution in [-0.2, 0) is 22.0 Å². The highest BCUT2D eigenvalue weighted by atomic mass is 32.2. The van der Waals surface area contributed by atoms with Gasteiger partial charge < -0.3 is 5.32 Å². The molecule has 1 heterocycles. The number of hydrogen-bond donors (Lipinski definition) is 1. The molecular formula is C19H20F3N3O4S. The number of nitro benzene ring substituents is 1. The Balaban J connectivity index is 1.65. The second kappa shape index (κ2) is 8.60. The number of alkyl halides is 3. The predicted molar refractivity (Wildman–Crippen MR) is 105 cm³/mol. The van der Waals surface area contributed by atoms with E-state index in [9.17, 15) is 31.7 Å². The van der Waals surface area contributed by atoms with E-state index in [1.165, 1.54) is 4.31 Å². The van der Waals surface area contributed by atoms with Gasteiger partial charge in [-0.05, 0) is 30.5 Å². The van der Waals surface area contributed by atoms with Crippen molar-refractivity contribution in [1.29, 1.82) is 0 Å². The van der Waals surface area contributed by atoms with Crippen molar-refractivity contribution in [1.82, 2.24) is 4.31 Å². The van der Waals surface area contributed by atoms with Gasteiger partial charge in [-0.3, -0.25) is 10.1 Å². The smallest absolute Gasteiger partial charge is 0.377 e. The van der Waals surface area contributed by atoms with Crippen molar-refractivity contribution in [2.45, 2.75) is 30.8 Å². The summed E-state index contributed by atoms with van der Waals surface area (Å²) in [5.41, 5.74) is -1.10. The van der Waals surface area contributed by atoms with Crippen molar-refractivity contribution in [3.8, 4) is 0 Å². The van der Waals surface area contributed by atoms with Crippen LogP contribution < -0.4 is 5.32 Å². The molecule has 0 amide bonds. The molecule has 2 aromatic rings. The minimum Gasteiger partial charge on any atom is -0.377 e. The van der Waals surface area contributed by atoms with Gasteiger partial charge in [0, 0.05) is 25.2 Å². The molecule has 1 aliphatic heterocycles. The summed E-state index contributed by atoms with van der Waals surface area (Å²) in [6.45, 7) is 0.447. The highest BCUT2D eigenvalue weighted by molar-refractivity contribution is 7.88. The second-order valence-electron chi connectivity index (χ2n) is 7.05. The summed E-state index contributed by atoms with van der Waals surface area (Å²) in [6, 6.07) is 10.8. The van der Waals surface area contributed by atoms with E-state index in [1.807, 2.05) is 0 Å². The van der Waals surface area contributed by atoms with Crippen molar-refractivity contribution < 1.29 is 26.5 Å². The zero-order valence-electron chi connectivity index (χ0n) is 15.8. The first-order chi connectivity index (χ1) is 14.1. The van der Waals surface area contributed by atoms with Gasteiger partial charge in [0.1, 0.15) is 5.69 Å². The van der Waals surface area contributed by atoms with Crippen molar-refractivity contribution >= 4 is 21.4 Å². The van der Waals surface area contributed by atoms with Crippen LogP contribution in [0, 0.1) is 10.1 Å². The molecule has 1 fully saturated rings. The molecule has 7 nitrogen and oxygen atoms in total. The first-order valence-electron chi connectivity index (χ1n) is 9.20. The third kappa shape index (κ3) is 5.28. The van der Waals surface area contributed by atoms with Crippen LogP contribution in [0.5, 0.6) is 0 Å². The number of nitrogens with one attached hydrogen (secondary N) is 1. The van der Waals surface area contributed by atoms with Gasteiger partial charge in [-0.1, -0.05) is 30.3 Å². The maximum Gasteiger partial charge on any atom is 0.416 e. The standard InChI is InChI=1S/C19H20F3N3O4S/c20-19(21,22)15-6-7-17(18(12-15)25(26)27)23-16-8-10-24(11-9-16)30(28,29)13-14-4-2-1-3-5-14/h1-7,12,16,23H,8-11,13H2. The van der Waals surface area contributed by atoms with E-state index in [1.54, 1.807) is 30.3 Å². The Morgan fingerprint density at radius 2 is 1.73 bits per heavy atom. The maximum absolute atomic E-state index is 12.8. The quantitative estimate of drug-likeness (QED) is 0.538. The third-order valence-electron chi connectivity index (χ3n) is 4.92. The summed E-state index contributed by atoms with van der Waals surface area (Å²) in [4.78, 5) is 10.3. The molecule has 162 valence electrons. The molecule has 2 aromatic carbocycles. The Morgan fingerprint density at radius 3 is 2.30 bits per heavy atom. The first kappa shape index (κ1) is 22.0. The summed E-state index contributed by atoms with van der Waals surface area (Å²) in [6.07, 6.45) is -3.92. The van der Waals surface area contributed by atoms with Crippen LogP contribution in [-0.4, -0.2) is 36.8 Å². The number of nitro groups is 1. The van der Waals surface area contributed by atoms with E-state index < -0.39 is 32.4 Å². The van der Waals surface area contributed by atoms with Crippen LogP contribution in [0.2, 0.25) is 0 Å². The largest absolute Gasteiger partial charge is 0.416 e. The van der Waals surface area contributed by atoms with E-state index in [0.717, 1.165) is 12.1 Å². The van der Waals surface area contributed by atoms with Gasteiger partial charge in [0.05, 0.1) is 16.2 Å². The van der Waals surface area contributed by atoms with Crippen molar-refractivity contribution in [3.05, 3.63) is 69.8 Å². The number of piperidine rings is 1. The molecule has 1 saturated heterocycles. The Morgan fingerprint density at radius 1 is 1.10 bits per heavy atom. The maximum atomic E-state index is 12.8. The van der Waals surface area contributed by atoms with E-state index in [4.69, 9.17) is 0 Å². The summed E-state index contributed by atoms with van der Waals surface area (Å²) in [5.74, 6) is -0.115. The van der Waals surface area contributed by atoms with Crippen molar-refractivity contribution in [2.75, 3.05) is 18.4 Å². The molecule has 11 heteroatoms. The van der Waals surface area contributed by atoms with Crippen LogP contribution in [0.4, 0.5) is 24.5 Å². The van der Waals surface area contributed by atoms with E-state index in [-0.39, 0.29) is 30.6 Å². The minimum atomic E-state index is -4.68. The van der Waals surface area contributed by atoms with Gasteiger partial charge in [-0.25, -0.2) is 12.7 Å². The fourth-order valence-electron chi connectivity index (χ4n) is 3.36. The topological polar surface area (TPSA) is 92.6 Å². The normalized spacial score (nSPS) is 16.4. The first-order valence-corrected chi connectivity index (χ1v) is 10.8. The summed E-state index contributed by atoms with van der Waals surface area (Å²) in [5, 5.41) is 14.1. The Hall–Kier alpha value is -2.66. The van der Waals surface area contributed by atoms with E-state index in [2.05, 4.69) is 5.32 Å². The Bertz CT molecular complexity index is 1010. The number of hydrogen-bond acceptors (Lipinski definition) is 5. The lowest BCUT2D eigenvalue weighted by Crippen LogP contribution is -2.42. The summed E-state index contributed by atoms with van der Waals surface area (Å²) >= 11 is 0. The zero-order chi connectivity index (χ0) is 21.9. The highest BCUT2D eigenvalue weighted by Gasteiger charge is 2.34. The van der Waals surface area contributed by atoms with Gasteiger partial charge in [0.15, 0.2) is 0 Å². The third-order valence-corrected chi connectivity index (χ3v) is 6.77. The van der Waals surface area contributed by atoms with Crippen LogP contribution in [0.25, 0.3) is 0 Å². The van der Waals surface area contributed by atoms with Gasteiger partial charge in [0.2, 0.25) is 10.0 Å². The molecule has 0 unspecified atom stereocenters. The number of sulfonamides is 1. The Labute approximate surface area is 171 Å². The van der Waals surface area contributed by atoms with Gasteiger partial charge in [-0.2, -0.15) is 13.2 Å². The number of nitrogens with zero attached hydrogens (tertiary/aromatic N) is 2. The molecule has 3 rings (SSSR count). The Kier molecular flexibility index (Phi) is 6.32. The molecule has 0 bridgehead atoms. The van der Waals surface area contributed by atoms with E-state index >= 15 is 0 Å². The van der Waals surface area contributed by atoms with Crippen LogP contribution in [0.15, 0.2) is 48.5 Å². The number of benzene rings is 2. The molecule has 0 radical (unpaired) electrons. The average molecular weight is 443 g/mol. The summed E-state index contributed by atoms with van der Waals surface area (Å²) < 4.78 is 65.1. The zero-order valence-corrected chi connectivity index (χ0v) is 16.6. The predicted octanol–water partition coefficient (Wildman–Crippen LogP) is 4.02. The highest BCUT2D eigenvalue weighted by Crippen LogP contribution is 2.35. The lowest BCUT2D eigenvalue weighted by molar-refractivity contribution is -0.384. The molecule has 1 N–H and O–H groups in total. The molecule has 0 aliphatic carbocycles. The second-order valence-corrected chi connectivity index (χ2v) is 9.02. The summed E-state index contributed by atoms with van der Waals surface area (Å²) in [7, 11) is -3.50. The lowest BCUT2D eigenvalue weighted by atomic mass is 10.1. The molecule has 0 spiro atoms. The van der Waals surface area contributed by atoms with Gasteiger partial charge in [-0.15, -0.1) is 0 Å². The molecule has 0 atom stereocenters. The van der Waals surface area contributed by atoms with Crippen LogP contribution in [0.1, 0.15) is 24.0 Å². The molecular weight excluding hydrogens is 423 g/mol. The SMILES string of the molecule is O=[N+]([O-])c1cc(C(F)(F)F)ccc1NC1CCN(S(=O)(=O)Cc2ccccc2)CC1. The lowest BCUT2D eigenvalue weighted by Gasteiger charge is -2.32. The minimum absolute atomic E-state index is 0.0152. The van der Waals surface area contributed by atoms with Crippen molar-refractivity contribution in [3.63, 3.8) is 0 Å². The number of rotatable bonds is 6. The van der Waals surface area contributed by atoms with Gasteiger partial charge >= 0.3 is 6.18 Å². The van der Waals surface area contributed by atoms with Crippen molar-refractivity contribution in [2.24, 2.45) is 0 Å². The molecule has 1 aliphatic rings. The molecule has 30 heavy (non-hydrogen) atoms. The molecule has 0 saturated carbocycles. The average Bonchev–Trinajstić information content (AvgIpc) is 2.68. The van der Waals surface area contributed by atoms with Gasteiger partial charge in [0.25, 0.3) is 5.69 Å². The monoisotopic (exact) mass is 443 g/mol. The number of halogens is 3. The molecule has 0 aromatic heterocycles. The van der Waals surface area contributed by atoms with Crippen LogP contribution in [0.3, 0.4) is 0 Å². The number of anilines is 1.